The highest BCUT2D eigenvalue weighted by atomic mass is 35.5. The number of likely N-dealkylation sites (tertiary alicyclic amines) is 1. The number of pyridine rings is 1. The molecule has 4 heterocycles. The number of urea groups is 1. The maximum absolute atomic E-state index is 13.6. The van der Waals surface area contributed by atoms with Crippen LogP contribution in [0.5, 0.6) is 11.5 Å². The normalized spacial score (nSPS) is 21.1. The lowest BCUT2D eigenvalue weighted by atomic mass is 9.99. The van der Waals surface area contributed by atoms with E-state index in [9.17, 15) is 14.4 Å². The van der Waals surface area contributed by atoms with Crippen molar-refractivity contribution in [2.45, 2.75) is 35.2 Å². The minimum atomic E-state index is -0.585. The standard InChI is InChI=1S/C30H31ClN6O4S/c1-35(2)17-24(38)36-14-6-7-18(16-36)33-28(39)27-26-25-22(12-13-32-29(25)42-27)37(30(40)34-26)19-10-11-23(21(31)15-19)41-20-8-4-3-5-9-20/h3-5,8-13,15,18,26-27H,6-7,14,16-17H2,1-2H3,(H,33,39)(H,34,40)/t18?,26?,27-/m1/s1. The zero-order valence-electron chi connectivity index (χ0n) is 23.2. The average Bonchev–Trinajstić information content (AvgIpc) is 3.34. The molecule has 0 spiro atoms. The van der Waals surface area contributed by atoms with E-state index in [2.05, 4.69) is 15.6 Å². The van der Waals surface area contributed by atoms with E-state index in [4.69, 9.17) is 16.3 Å². The van der Waals surface area contributed by atoms with Crippen molar-refractivity contribution in [2.75, 3.05) is 38.6 Å². The van der Waals surface area contributed by atoms with Crippen LogP contribution >= 0.6 is 23.4 Å². The van der Waals surface area contributed by atoms with Crippen molar-refractivity contribution in [1.82, 2.24) is 25.4 Å². The Morgan fingerprint density at radius 3 is 2.76 bits per heavy atom. The summed E-state index contributed by atoms with van der Waals surface area (Å²) in [5, 5.41) is 6.65. The summed E-state index contributed by atoms with van der Waals surface area (Å²) in [7, 11) is 3.73. The summed E-state index contributed by atoms with van der Waals surface area (Å²) < 4.78 is 5.90. The molecule has 4 amide bonds. The van der Waals surface area contributed by atoms with Crippen LogP contribution in [0.25, 0.3) is 0 Å². The van der Waals surface area contributed by atoms with Gasteiger partial charge in [-0.1, -0.05) is 41.6 Å². The minimum Gasteiger partial charge on any atom is -0.456 e. The van der Waals surface area contributed by atoms with Crippen LogP contribution in [0.2, 0.25) is 5.02 Å². The van der Waals surface area contributed by atoms with Crippen molar-refractivity contribution in [1.29, 1.82) is 0 Å². The first-order valence-corrected chi connectivity index (χ1v) is 15.1. The number of anilines is 2. The monoisotopic (exact) mass is 606 g/mol. The number of ether oxygens (including phenoxy) is 1. The predicted octanol–water partition coefficient (Wildman–Crippen LogP) is 4.57. The van der Waals surface area contributed by atoms with Gasteiger partial charge in [0.05, 0.1) is 29.0 Å². The van der Waals surface area contributed by atoms with Crippen LogP contribution in [-0.2, 0) is 9.59 Å². The number of hydrogen-bond acceptors (Lipinski definition) is 7. The number of aromatic nitrogens is 1. The van der Waals surface area contributed by atoms with Crippen LogP contribution in [0.4, 0.5) is 16.2 Å². The Hall–Kier alpha value is -3.80. The lowest BCUT2D eigenvalue weighted by Crippen LogP contribution is -2.54. The van der Waals surface area contributed by atoms with Crippen LogP contribution in [0.15, 0.2) is 65.8 Å². The second-order valence-corrected chi connectivity index (χ2v) is 12.3. The quantitative estimate of drug-likeness (QED) is 0.406. The number of nitrogens with zero attached hydrogens (tertiary/aromatic N) is 4. The maximum atomic E-state index is 13.6. The van der Waals surface area contributed by atoms with Gasteiger partial charge in [0.1, 0.15) is 21.8 Å². The molecule has 3 aliphatic rings. The topological polar surface area (TPSA) is 107 Å². The Balaban J connectivity index is 1.19. The summed E-state index contributed by atoms with van der Waals surface area (Å²) in [5.41, 5.74) is 2.02. The predicted molar refractivity (Wildman–Crippen MR) is 162 cm³/mol. The van der Waals surface area contributed by atoms with Crippen LogP contribution < -0.4 is 20.3 Å². The number of hydrogen-bond donors (Lipinski definition) is 2. The Morgan fingerprint density at radius 2 is 2.00 bits per heavy atom. The first-order chi connectivity index (χ1) is 20.3. The van der Waals surface area contributed by atoms with Crippen molar-refractivity contribution in [3.63, 3.8) is 0 Å². The molecule has 3 aromatic rings. The molecule has 2 N–H and O–H groups in total. The van der Waals surface area contributed by atoms with Gasteiger partial charge in [0, 0.05) is 30.9 Å². The molecule has 1 fully saturated rings. The highest BCUT2D eigenvalue weighted by Gasteiger charge is 2.47. The van der Waals surface area contributed by atoms with Gasteiger partial charge in [0.15, 0.2) is 0 Å². The second-order valence-electron chi connectivity index (χ2n) is 10.8. The molecular formula is C30H31ClN6O4S. The molecule has 3 atom stereocenters. The van der Waals surface area contributed by atoms with E-state index in [1.165, 1.54) is 11.8 Å². The number of carbonyl (C=O) groups is 3. The molecule has 0 bridgehead atoms. The van der Waals surface area contributed by atoms with E-state index in [0.717, 1.165) is 18.4 Å². The number of rotatable bonds is 7. The largest absolute Gasteiger partial charge is 0.456 e. The van der Waals surface area contributed by atoms with E-state index in [1.807, 2.05) is 54.2 Å². The van der Waals surface area contributed by atoms with Crippen LogP contribution in [0, 0.1) is 0 Å². The van der Waals surface area contributed by atoms with Gasteiger partial charge in [-0.25, -0.2) is 9.78 Å². The van der Waals surface area contributed by atoms with Crippen LogP contribution in [0.1, 0.15) is 24.4 Å². The third-order valence-corrected chi connectivity index (χ3v) is 9.07. The molecule has 2 unspecified atom stereocenters. The first-order valence-electron chi connectivity index (χ1n) is 13.8. The maximum Gasteiger partial charge on any atom is 0.327 e. The number of carbonyl (C=O) groups excluding carboxylic acids is 3. The van der Waals surface area contributed by atoms with Gasteiger partial charge in [-0.15, -0.1) is 0 Å². The van der Waals surface area contributed by atoms with Gasteiger partial charge in [0.2, 0.25) is 11.8 Å². The summed E-state index contributed by atoms with van der Waals surface area (Å²) in [4.78, 5) is 49.4. The number of para-hydroxylation sites is 1. The number of halogens is 1. The minimum absolute atomic E-state index is 0.0508. The third-order valence-electron chi connectivity index (χ3n) is 7.48. The van der Waals surface area contributed by atoms with Gasteiger partial charge in [-0.05, 0) is 63.3 Å². The lowest BCUT2D eigenvalue weighted by Gasteiger charge is -2.36. The van der Waals surface area contributed by atoms with E-state index < -0.39 is 11.3 Å². The van der Waals surface area contributed by atoms with E-state index >= 15 is 0 Å². The molecule has 42 heavy (non-hydrogen) atoms. The molecule has 3 aliphatic heterocycles. The number of nitrogens with one attached hydrogen (secondary N) is 2. The third kappa shape index (κ3) is 5.64. The zero-order valence-corrected chi connectivity index (χ0v) is 24.8. The van der Waals surface area contributed by atoms with Crippen molar-refractivity contribution >= 4 is 52.6 Å². The molecule has 2 aromatic carbocycles. The highest BCUT2D eigenvalue weighted by Crippen LogP contribution is 2.51. The molecule has 10 nitrogen and oxygen atoms in total. The molecule has 0 saturated carbocycles. The average molecular weight is 607 g/mol. The van der Waals surface area contributed by atoms with E-state index in [0.29, 0.717) is 52.6 Å². The van der Waals surface area contributed by atoms with Gasteiger partial charge >= 0.3 is 6.03 Å². The highest BCUT2D eigenvalue weighted by molar-refractivity contribution is 8.01. The number of amides is 4. The van der Waals surface area contributed by atoms with Crippen molar-refractivity contribution in [3.05, 3.63) is 71.4 Å². The number of thioether (sulfide) groups is 1. The molecule has 12 heteroatoms. The van der Waals surface area contributed by atoms with Gasteiger partial charge in [-0.2, -0.15) is 0 Å². The van der Waals surface area contributed by atoms with Crippen LogP contribution in [-0.4, -0.2) is 77.7 Å². The Bertz CT molecular complexity index is 1520. The lowest BCUT2D eigenvalue weighted by molar-refractivity contribution is -0.134. The first kappa shape index (κ1) is 28.3. The molecule has 0 radical (unpaired) electrons. The molecule has 6 rings (SSSR count). The summed E-state index contributed by atoms with van der Waals surface area (Å²) in [5.74, 6) is 0.994. The fraction of sp³-hybridized carbons (Fsp3) is 0.333. The van der Waals surface area contributed by atoms with E-state index in [1.54, 1.807) is 35.4 Å². The van der Waals surface area contributed by atoms with Gasteiger partial charge < -0.3 is 25.2 Å². The van der Waals surface area contributed by atoms with Crippen molar-refractivity contribution in [2.24, 2.45) is 0 Å². The Morgan fingerprint density at radius 1 is 1.19 bits per heavy atom. The summed E-state index contributed by atoms with van der Waals surface area (Å²) >= 11 is 7.92. The number of piperidine rings is 1. The Kier molecular flexibility index (Phi) is 7.98. The SMILES string of the molecule is CN(C)CC(=O)N1CCCC(NC(=O)[C@@H]2Sc3nccc4c3C2NC(=O)N4c2ccc(Oc3ccccc3)c(Cl)c2)C1. The molecule has 1 saturated heterocycles. The molecule has 0 aliphatic carbocycles. The van der Waals surface area contributed by atoms with E-state index in [-0.39, 0.29) is 23.9 Å². The Labute approximate surface area is 253 Å². The van der Waals surface area contributed by atoms with Crippen molar-refractivity contribution in [3.8, 4) is 11.5 Å². The van der Waals surface area contributed by atoms with Gasteiger partial charge in [0.25, 0.3) is 0 Å². The van der Waals surface area contributed by atoms with Gasteiger partial charge in [-0.3, -0.25) is 14.5 Å². The molecule has 1 aromatic heterocycles. The summed E-state index contributed by atoms with van der Waals surface area (Å²) in [6.07, 6.45) is 3.26. The van der Waals surface area contributed by atoms with Crippen molar-refractivity contribution < 1.29 is 19.1 Å². The molecule has 218 valence electrons. The fourth-order valence-corrected chi connectivity index (χ4v) is 7.03. The summed E-state index contributed by atoms with van der Waals surface area (Å²) in [6.45, 7) is 1.50. The number of likely N-dealkylation sites (N-methyl/N-ethyl adjacent to an activating group) is 1. The summed E-state index contributed by atoms with van der Waals surface area (Å²) in [6, 6.07) is 15.2. The fourth-order valence-electron chi connectivity index (χ4n) is 5.58. The van der Waals surface area contributed by atoms with Crippen LogP contribution in [0.3, 0.4) is 0 Å². The zero-order chi connectivity index (χ0) is 29.4. The smallest absolute Gasteiger partial charge is 0.327 e. The molecular weight excluding hydrogens is 576 g/mol. The second kappa shape index (κ2) is 11.8. The number of benzene rings is 2.